The Kier molecular flexibility index (Phi) is 5.80. The molecule has 0 saturated heterocycles. The molecule has 2 heterocycles. The van der Waals surface area contributed by atoms with E-state index in [1.54, 1.807) is 7.11 Å². The molecule has 0 aromatic carbocycles. The van der Waals surface area contributed by atoms with E-state index in [2.05, 4.69) is 20.5 Å². The second-order valence-corrected chi connectivity index (χ2v) is 7.39. The number of carbonyl (C=O) groups excluding carboxylic acids is 2. The van der Waals surface area contributed by atoms with Crippen molar-refractivity contribution in [2.75, 3.05) is 38.7 Å². The summed E-state index contributed by atoms with van der Waals surface area (Å²) in [7, 11) is 1.61. The highest BCUT2D eigenvalue weighted by Gasteiger charge is 2.27. The average Bonchev–Trinajstić information content (AvgIpc) is 2.87. The van der Waals surface area contributed by atoms with E-state index < -0.39 is 0 Å². The summed E-state index contributed by atoms with van der Waals surface area (Å²) in [6, 6.07) is 0. The lowest BCUT2D eigenvalue weighted by atomic mass is 9.85. The van der Waals surface area contributed by atoms with Gasteiger partial charge in [-0.3, -0.25) is 14.5 Å². The molecule has 0 spiro atoms. The Morgan fingerprint density at radius 3 is 2.96 bits per heavy atom. The van der Waals surface area contributed by atoms with Crippen LogP contribution < -0.4 is 10.6 Å². The molecule has 1 aromatic heterocycles. The first-order chi connectivity index (χ1) is 11.7. The van der Waals surface area contributed by atoms with E-state index in [0.717, 1.165) is 42.8 Å². The van der Waals surface area contributed by atoms with Crippen molar-refractivity contribution >= 4 is 28.3 Å². The number of nitrogens with one attached hydrogen (secondary N) is 2. The van der Waals surface area contributed by atoms with Gasteiger partial charge in [0.15, 0.2) is 5.13 Å². The summed E-state index contributed by atoms with van der Waals surface area (Å²) in [6.45, 7) is 2.96. The first kappa shape index (κ1) is 17.3. The molecule has 24 heavy (non-hydrogen) atoms. The van der Waals surface area contributed by atoms with E-state index in [9.17, 15) is 9.59 Å². The van der Waals surface area contributed by atoms with E-state index in [1.807, 2.05) is 0 Å². The molecular weight excluding hydrogens is 328 g/mol. The number of anilines is 1. The number of carbonyl (C=O) groups is 2. The first-order valence-corrected chi connectivity index (χ1v) is 9.25. The fourth-order valence-electron chi connectivity index (χ4n) is 2.87. The maximum absolute atomic E-state index is 12.0. The van der Waals surface area contributed by atoms with Crippen LogP contribution in [-0.4, -0.2) is 55.0 Å². The van der Waals surface area contributed by atoms with Crippen LogP contribution in [0, 0.1) is 5.92 Å². The number of hydrogen-bond acceptors (Lipinski definition) is 6. The molecule has 0 unspecified atom stereocenters. The van der Waals surface area contributed by atoms with Crippen molar-refractivity contribution < 1.29 is 14.3 Å². The molecule has 2 aliphatic rings. The van der Waals surface area contributed by atoms with Gasteiger partial charge in [-0.15, -0.1) is 11.3 Å². The summed E-state index contributed by atoms with van der Waals surface area (Å²) in [5, 5.41) is 6.48. The van der Waals surface area contributed by atoms with Crippen molar-refractivity contribution in [1.29, 1.82) is 0 Å². The zero-order valence-electron chi connectivity index (χ0n) is 14.0. The molecule has 1 saturated carbocycles. The lowest BCUT2D eigenvalue weighted by Crippen LogP contribution is -2.40. The highest BCUT2D eigenvalue weighted by molar-refractivity contribution is 7.15. The van der Waals surface area contributed by atoms with Crippen LogP contribution in [0.3, 0.4) is 0 Å². The molecule has 1 aromatic rings. The van der Waals surface area contributed by atoms with Crippen molar-refractivity contribution in [1.82, 2.24) is 15.2 Å². The number of nitrogens with zero attached hydrogens (tertiary/aromatic N) is 2. The van der Waals surface area contributed by atoms with Gasteiger partial charge in [0.25, 0.3) is 0 Å². The van der Waals surface area contributed by atoms with Gasteiger partial charge >= 0.3 is 0 Å². The smallest absolute Gasteiger partial charge is 0.234 e. The number of fused-ring (bicyclic) bond motifs is 1. The van der Waals surface area contributed by atoms with Gasteiger partial charge in [0.1, 0.15) is 0 Å². The van der Waals surface area contributed by atoms with Crippen LogP contribution in [0.25, 0.3) is 0 Å². The van der Waals surface area contributed by atoms with Crippen LogP contribution in [0.5, 0.6) is 0 Å². The van der Waals surface area contributed by atoms with Crippen LogP contribution in [0.2, 0.25) is 0 Å². The van der Waals surface area contributed by atoms with Gasteiger partial charge < -0.3 is 15.4 Å². The molecule has 8 heteroatoms. The third-order valence-electron chi connectivity index (χ3n) is 4.51. The van der Waals surface area contributed by atoms with E-state index in [0.29, 0.717) is 31.4 Å². The Balaban J connectivity index is 1.50. The highest BCUT2D eigenvalue weighted by Crippen LogP contribution is 2.31. The summed E-state index contributed by atoms with van der Waals surface area (Å²) in [5.74, 6) is 0.276. The van der Waals surface area contributed by atoms with Crippen LogP contribution in [0.15, 0.2) is 0 Å². The minimum Gasteiger partial charge on any atom is -0.383 e. The summed E-state index contributed by atoms with van der Waals surface area (Å²) in [4.78, 5) is 31.7. The molecule has 1 aliphatic heterocycles. The Bertz CT molecular complexity index is 600. The number of aromatic nitrogens is 1. The second kappa shape index (κ2) is 8.04. The molecule has 0 bridgehead atoms. The Morgan fingerprint density at radius 2 is 2.25 bits per heavy atom. The topological polar surface area (TPSA) is 83.6 Å². The fraction of sp³-hybridized carbons (Fsp3) is 0.688. The quantitative estimate of drug-likeness (QED) is 0.716. The number of rotatable bonds is 7. The third-order valence-corrected chi connectivity index (χ3v) is 5.51. The monoisotopic (exact) mass is 352 g/mol. The van der Waals surface area contributed by atoms with Crippen LogP contribution >= 0.6 is 11.3 Å². The molecule has 7 nitrogen and oxygen atoms in total. The standard InChI is InChI=1S/C16H24N4O3S/c1-23-8-6-17-14(21)10-20-7-5-12-13(9-20)24-16(18-12)19-15(22)11-3-2-4-11/h11H,2-10H2,1H3,(H,17,21)(H,18,19,22). The van der Waals surface area contributed by atoms with E-state index in [-0.39, 0.29) is 17.7 Å². The van der Waals surface area contributed by atoms with Gasteiger partial charge in [0.2, 0.25) is 11.8 Å². The lowest BCUT2D eigenvalue weighted by Gasteiger charge is -2.25. The SMILES string of the molecule is COCCNC(=O)CN1CCc2nc(NC(=O)C3CCC3)sc2C1. The Morgan fingerprint density at radius 1 is 1.42 bits per heavy atom. The minimum atomic E-state index is 0.0125. The van der Waals surface area contributed by atoms with Crippen molar-refractivity contribution in [2.24, 2.45) is 5.92 Å². The van der Waals surface area contributed by atoms with Crippen LogP contribution in [-0.2, 0) is 27.3 Å². The van der Waals surface area contributed by atoms with Crippen molar-refractivity contribution in [2.45, 2.75) is 32.2 Å². The zero-order chi connectivity index (χ0) is 16.9. The van der Waals surface area contributed by atoms with Gasteiger partial charge in [-0.1, -0.05) is 6.42 Å². The van der Waals surface area contributed by atoms with Gasteiger partial charge in [-0.25, -0.2) is 4.98 Å². The van der Waals surface area contributed by atoms with Crippen molar-refractivity contribution in [3.63, 3.8) is 0 Å². The Hall–Kier alpha value is -1.51. The maximum Gasteiger partial charge on any atom is 0.234 e. The lowest BCUT2D eigenvalue weighted by molar-refractivity contribution is -0.123. The number of methoxy groups -OCH3 is 1. The number of amides is 2. The molecule has 1 aliphatic carbocycles. The summed E-state index contributed by atoms with van der Waals surface area (Å²) < 4.78 is 4.92. The third kappa shape index (κ3) is 4.31. The second-order valence-electron chi connectivity index (χ2n) is 6.31. The minimum absolute atomic E-state index is 0.0125. The van der Waals surface area contributed by atoms with E-state index >= 15 is 0 Å². The molecule has 0 radical (unpaired) electrons. The van der Waals surface area contributed by atoms with Crippen molar-refractivity contribution in [3.8, 4) is 0 Å². The molecule has 0 atom stereocenters. The summed E-state index contributed by atoms with van der Waals surface area (Å²) >= 11 is 1.53. The molecular formula is C16H24N4O3S. The maximum atomic E-state index is 12.0. The number of hydrogen-bond donors (Lipinski definition) is 2. The summed E-state index contributed by atoms with van der Waals surface area (Å²) in [5.41, 5.74) is 1.06. The highest BCUT2D eigenvalue weighted by atomic mass is 32.1. The first-order valence-electron chi connectivity index (χ1n) is 8.43. The zero-order valence-corrected chi connectivity index (χ0v) is 14.8. The van der Waals surface area contributed by atoms with Gasteiger partial charge in [-0.05, 0) is 12.8 Å². The summed E-state index contributed by atoms with van der Waals surface area (Å²) in [6.07, 6.45) is 3.94. The van der Waals surface area contributed by atoms with Gasteiger partial charge in [-0.2, -0.15) is 0 Å². The number of thiazole rings is 1. The van der Waals surface area contributed by atoms with Gasteiger partial charge in [0.05, 0.1) is 18.8 Å². The normalized spacial score (nSPS) is 17.9. The largest absolute Gasteiger partial charge is 0.383 e. The predicted molar refractivity (Wildman–Crippen MR) is 92.0 cm³/mol. The van der Waals surface area contributed by atoms with E-state index in [4.69, 9.17) is 4.74 Å². The number of ether oxygens (including phenoxy) is 1. The molecule has 1 fully saturated rings. The van der Waals surface area contributed by atoms with Crippen molar-refractivity contribution in [3.05, 3.63) is 10.6 Å². The molecule has 2 N–H and O–H groups in total. The molecule has 3 rings (SSSR count). The predicted octanol–water partition coefficient (Wildman–Crippen LogP) is 1.00. The van der Waals surface area contributed by atoms with Crippen LogP contribution in [0.1, 0.15) is 29.8 Å². The van der Waals surface area contributed by atoms with E-state index in [1.165, 1.54) is 11.3 Å². The van der Waals surface area contributed by atoms with Gasteiger partial charge in [0, 0.05) is 44.0 Å². The Labute approximate surface area is 145 Å². The van der Waals surface area contributed by atoms with Crippen LogP contribution in [0.4, 0.5) is 5.13 Å². The fourth-order valence-corrected chi connectivity index (χ4v) is 3.92. The average molecular weight is 352 g/mol. The molecule has 2 amide bonds. The molecule has 132 valence electrons.